The van der Waals surface area contributed by atoms with Crippen molar-refractivity contribution in [2.45, 2.75) is 32.7 Å². The second-order valence-corrected chi connectivity index (χ2v) is 4.78. The highest BCUT2D eigenvalue weighted by molar-refractivity contribution is 5.33. The topological polar surface area (TPSA) is 51.9 Å². The Hall–Kier alpha value is -2.04. The maximum Gasteiger partial charge on any atom is 0.295 e. The fourth-order valence-electron chi connectivity index (χ4n) is 2.09. The van der Waals surface area contributed by atoms with E-state index in [4.69, 9.17) is 0 Å². The average Bonchev–Trinajstić information content (AvgIpc) is 3.14. The molecule has 1 aliphatic carbocycles. The fraction of sp³-hybridized carbons (Fsp3) is 0.385. The molecule has 2 aromatic rings. The smallest absolute Gasteiger partial charge is 0.295 e. The van der Waals surface area contributed by atoms with Crippen molar-refractivity contribution in [1.29, 1.82) is 0 Å². The number of aromatic nitrogens is 3. The number of hydrogen-bond donors (Lipinski definition) is 1. The Morgan fingerprint density at radius 2 is 1.94 bits per heavy atom. The molecule has 3 rings (SSSR count). The number of rotatable bonds is 3. The summed E-state index contributed by atoms with van der Waals surface area (Å²) in [6.07, 6.45) is 5.62. The Morgan fingerprint density at radius 3 is 2.56 bits per heavy atom. The van der Waals surface area contributed by atoms with Gasteiger partial charge >= 0.3 is 0 Å². The van der Waals surface area contributed by atoms with E-state index >= 15 is 0 Å². The number of anilines is 1. The van der Waals surface area contributed by atoms with Gasteiger partial charge in [0.15, 0.2) is 0 Å². The summed E-state index contributed by atoms with van der Waals surface area (Å²) in [6.45, 7) is 3.98. The first kappa shape index (κ1) is 11.1. The van der Waals surface area contributed by atoms with Gasteiger partial charge in [-0.15, -0.1) is 0 Å². The Morgan fingerprint density at radius 1 is 1.28 bits per heavy atom. The molecular formula is C13H16N4O. The van der Waals surface area contributed by atoms with Crippen molar-refractivity contribution in [3.63, 3.8) is 0 Å². The molecule has 0 spiro atoms. The normalized spacial score (nSPS) is 14.8. The number of nitrogens with one attached hydrogen (secondary N) is 1. The van der Waals surface area contributed by atoms with Crippen LogP contribution in [0.15, 0.2) is 29.3 Å². The van der Waals surface area contributed by atoms with Gasteiger partial charge in [-0.1, -0.05) is 0 Å². The van der Waals surface area contributed by atoms with Crippen molar-refractivity contribution in [2.75, 3.05) is 5.43 Å². The molecule has 0 atom stereocenters. The van der Waals surface area contributed by atoms with E-state index in [1.165, 1.54) is 0 Å². The number of aryl methyl sites for hydroxylation is 2. The van der Waals surface area contributed by atoms with Crippen LogP contribution in [0.4, 0.5) is 5.82 Å². The summed E-state index contributed by atoms with van der Waals surface area (Å²) in [6, 6.07) is 4.38. The van der Waals surface area contributed by atoms with Crippen molar-refractivity contribution < 1.29 is 0 Å². The molecule has 2 heterocycles. The minimum atomic E-state index is -0.0486. The van der Waals surface area contributed by atoms with Crippen molar-refractivity contribution >= 4 is 5.82 Å². The molecule has 1 fully saturated rings. The lowest BCUT2D eigenvalue weighted by atomic mass is 10.5. The molecule has 0 aromatic carbocycles. The molecule has 1 N–H and O–H groups in total. The summed E-state index contributed by atoms with van der Waals surface area (Å²) in [5.74, 6) is 0.381. The molecule has 0 saturated heterocycles. The Bertz CT molecular complexity index is 617. The van der Waals surface area contributed by atoms with Crippen LogP contribution in [-0.2, 0) is 0 Å². The van der Waals surface area contributed by atoms with Crippen LogP contribution in [0.1, 0.15) is 30.3 Å². The van der Waals surface area contributed by atoms with Crippen molar-refractivity contribution in [3.05, 3.63) is 46.3 Å². The van der Waals surface area contributed by atoms with Gasteiger partial charge in [-0.25, -0.2) is 4.98 Å². The second kappa shape index (κ2) is 4.01. The van der Waals surface area contributed by atoms with E-state index in [2.05, 4.69) is 10.4 Å². The molecule has 2 aromatic heterocycles. The fourth-order valence-corrected chi connectivity index (χ4v) is 2.09. The first-order chi connectivity index (χ1) is 8.66. The van der Waals surface area contributed by atoms with Crippen LogP contribution >= 0.6 is 0 Å². The predicted octanol–water partition coefficient (Wildman–Crippen LogP) is 1.87. The monoisotopic (exact) mass is 244 g/mol. The van der Waals surface area contributed by atoms with Gasteiger partial charge in [0, 0.05) is 29.8 Å². The highest BCUT2D eigenvalue weighted by Crippen LogP contribution is 2.33. The summed E-state index contributed by atoms with van der Waals surface area (Å²) in [7, 11) is 0. The third-order valence-corrected chi connectivity index (χ3v) is 3.30. The van der Waals surface area contributed by atoms with Crippen LogP contribution in [-0.4, -0.2) is 14.2 Å². The first-order valence-corrected chi connectivity index (χ1v) is 6.16. The van der Waals surface area contributed by atoms with E-state index in [9.17, 15) is 4.79 Å². The van der Waals surface area contributed by atoms with Gasteiger partial charge < -0.3 is 4.57 Å². The highest BCUT2D eigenvalue weighted by Gasteiger charge is 2.25. The zero-order chi connectivity index (χ0) is 12.7. The quantitative estimate of drug-likeness (QED) is 0.896. The Labute approximate surface area is 105 Å². The Balaban J connectivity index is 1.98. The van der Waals surface area contributed by atoms with Crippen LogP contribution in [0, 0.1) is 13.8 Å². The van der Waals surface area contributed by atoms with Gasteiger partial charge in [0.25, 0.3) is 5.56 Å². The van der Waals surface area contributed by atoms with Crippen molar-refractivity contribution in [2.24, 2.45) is 0 Å². The highest BCUT2D eigenvalue weighted by atomic mass is 16.1. The summed E-state index contributed by atoms with van der Waals surface area (Å²) in [4.78, 5) is 16.4. The third kappa shape index (κ3) is 1.81. The van der Waals surface area contributed by atoms with Crippen LogP contribution < -0.4 is 11.0 Å². The molecule has 5 heteroatoms. The van der Waals surface area contributed by atoms with E-state index in [1.807, 2.05) is 30.7 Å². The first-order valence-electron chi connectivity index (χ1n) is 6.16. The molecule has 5 nitrogen and oxygen atoms in total. The zero-order valence-corrected chi connectivity index (χ0v) is 10.6. The van der Waals surface area contributed by atoms with Gasteiger partial charge in [0.1, 0.15) is 0 Å². The van der Waals surface area contributed by atoms with E-state index in [1.54, 1.807) is 17.0 Å². The summed E-state index contributed by atoms with van der Waals surface area (Å²) < 4.78 is 3.64. The van der Waals surface area contributed by atoms with E-state index in [0.717, 1.165) is 24.2 Å². The maximum atomic E-state index is 12.2. The molecule has 0 radical (unpaired) electrons. The van der Waals surface area contributed by atoms with E-state index in [-0.39, 0.29) is 5.56 Å². The molecule has 18 heavy (non-hydrogen) atoms. The molecule has 0 bridgehead atoms. The second-order valence-electron chi connectivity index (χ2n) is 4.78. The van der Waals surface area contributed by atoms with Crippen molar-refractivity contribution in [3.8, 4) is 0 Å². The molecular weight excluding hydrogens is 228 g/mol. The molecule has 1 aliphatic rings. The largest absolute Gasteiger partial charge is 0.308 e. The third-order valence-electron chi connectivity index (χ3n) is 3.30. The lowest BCUT2D eigenvalue weighted by molar-refractivity contribution is 0.695. The Kier molecular flexibility index (Phi) is 2.47. The van der Waals surface area contributed by atoms with Gasteiger partial charge in [-0.3, -0.25) is 14.9 Å². The van der Waals surface area contributed by atoms with Crippen LogP contribution in [0.5, 0.6) is 0 Å². The van der Waals surface area contributed by atoms with Gasteiger partial charge in [0.2, 0.25) is 5.82 Å². The maximum absolute atomic E-state index is 12.2. The molecule has 0 aliphatic heterocycles. The SMILES string of the molecule is Cc1ccc(C)n1Nc1nccn(C2CC2)c1=O. The average molecular weight is 244 g/mol. The summed E-state index contributed by atoms with van der Waals surface area (Å²) in [5.41, 5.74) is 5.14. The van der Waals surface area contributed by atoms with Crippen LogP contribution in [0.2, 0.25) is 0 Å². The van der Waals surface area contributed by atoms with Gasteiger partial charge in [-0.2, -0.15) is 0 Å². The van der Waals surface area contributed by atoms with Crippen LogP contribution in [0.3, 0.4) is 0 Å². The summed E-state index contributed by atoms with van der Waals surface area (Å²) >= 11 is 0. The van der Waals surface area contributed by atoms with E-state index in [0.29, 0.717) is 11.9 Å². The van der Waals surface area contributed by atoms with Gasteiger partial charge in [0.05, 0.1) is 0 Å². The van der Waals surface area contributed by atoms with E-state index < -0.39 is 0 Å². The lowest BCUT2D eigenvalue weighted by Crippen LogP contribution is -2.26. The number of hydrogen-bond acceptors (Lipinski definition) is 3. The molecule has 0 unspecified atom stereocenters. The minimum absolute atomic E-state index is 0.0486. The standard InChI is InChI=1S/C13H16N4O/c1-9-3-4-10(2)17(9)15-12-13(18)16(8-7-14-12)11-5-6-11/h3-4,7-8,11H,5-6H2,1-2H3,(H,14,15). The van der Waals surface area contributed by atoms with Crippen molar-refractivity contribution in [1.82, 2.24) is 14.2 Å². The zero-order valence-electron chi connectivity index (χ0n) is 10.6. The lowest BCUT2D eigenvalue weighted by Gasteiger charge is -2.12. The number of nitrogens with zero attached hydrogens (tertiary/aromatic N) is 3. The minimum Gasteiger partial charge on any atom is -0.308 e. The molecule has 1 saturated carbocycles. The van der Waals surface area contributed by atoms with Gasteiger partial charge in [-0.05, 0) is 38.8 Å². The predicted molar refractivity (Wildman–Crippen MR) is 69.7 cm³/mol. The van der Waals surface area contributed by atoms with Crippen LogP contribution in [0.25, 0.3) is 0 Å². The molecule has 0 amide bonds. The summed E-state index contributed by atoms with van der Waals surface area (Å²) in [5, 5.41) is 0. The molecule has 94 valence electrons.